The molecule has 2 heterocycles. The third-order valence-corrected chi connectivity index (χ3v) is 3.65. The van der Waals surface area contributed by atoms with Crippen LogP contribution in [0.5, 0.6) is 11.5 Å². The summed E-state index contributed by atoms with van der Waals surface area (Å²) in [6.07, 6.45) is 0. The van der Waals surface area contributed by atoms with Gasteiger partial charge in [-0.3, -0.25) is 0 Å². The zero-order valence-electron chi connectivity index (χ0n) is 14.9. The molecule has 0 spiro atoms. The van der Waals surface area contributed by atoms with E-state index in [1.807, 2.05) is 13.8 Å². The van der Waals surface area contributed by atoms with Crippen LogP contribution < -0.4 is 9.47 Å². The zero-order valence-corrected chi connectivity index (χ0v) is 14.9. The number of rotatable bonds is 6. The largest absolute Gasteiger partial charge is 0.497 e. The highest BCUT2D eigenvalue weighted by molar-refractivity contribution is 5.90. The van der Waals surface area contributed by atoms with E-state index in [1.54, 1.807) is 24.3 Å². The summed E-state index contributed by atoms with van der Waals surface area (Å²) >= 11 is 0. The number of aromatic nitrogens is 2. The molecule has 0 fully saturated rings. The van der Waals surface area contributed by atoms with E-state index in [1.165, 1.54) is 14.2 Å². The summed E-state index contributed by atoms with van der Waals surface area (Å²) in [7, 11) is 3.01. The summed E-state index contributed by atoms with van der Waals surface area (Å²) in [4.78, 5) is 12.3. The fourth-order valence-corrected chi connectivity index (χ4v) is 2.40. The van der Waals surface area contributed by atoms with Crippen molar-refractivity contribution in [3.63, 3.8) is 0 Å². The molecule has 3 rings (SSSR count). The zero-order chi connectivity index (χ0) is 18.7. The predicted molar refractivity (Wildman–Crippen MR) is 90.1 cm³/mol. The van der Waals surface area contributed by atoms with Crippen LogP contribution in [0.4, 0.5) is 0 Å². The Morgan fingerprint density at radius 1 is 1.00 bits per heavy atom. The fraction of sp³-hybridized carbons (Fsp3) is 0.278. The maximum Gasteiger partial charge on any atom is 0.338 e. The van der Waals surface area contributed by atoms with Crippen molar-refractivity contribution in [1.82, 2.24) is 10.2 Å². The van der Waals surface area contributed by atoms with E-state index in [2.05, 4.69) is 10.2 Å². The van der Waals surface area contributed by atoms with Crippen LogP contribution in [0.3, 0.4) is 0 Å². The second-order valence-electron chi connectivity index (χ2n) is 5.51. The van der Waals surface area contributed by atoms with Crippen molar-refractivity contribution in [1.29, 1.82) is 0 Å². The smallest absolute Gasteiger partial charge is 0.338 e. The van der Waals surface area contributed by atoms with Gasteiger partial charge in [0.2, 0.25) is 0 Å². The van der Waals surface area contributed by atoms with Gasteiger partial charge in [0.1, 0.15) is 23.0 Å². The van der Waals surface area contributed by atoms with Crippen molar-refractivity contribution in [2.45, 2.75) is 20.5 Å². The van der Waals surface area contributed by atoms with E-state index >= 15 is 0 Å². The van der Waals surface area contributed by atoms with Crippen LogP contribution in [0.15, 0.2) is 33.1 Å². The van der Waals surface area contributed by atoms with Crippen LogP contribution in [0.1, 0.15) is 27.8 Å². The van der Waals surface area contributed by atoms with Crippen molar-refractivity contribution < 1.29 is 27.8 Å². The molecule has 0 N–H and O–H groups in total. The molecule has 0 radical (unpaired) electrons. The maximum absolute atomic E-state index is 12.3. The molecule has 0 atom stereocenters. The van der Waals surface area contributed by atoms with Gasteiger partial charge in [0, 0.05) is 6.07 Å². The average molecular weight is 358 g/mol. The number of aryl methyl sites for hydroxylation is 2. The van der Waals surface area contributed by atoms with Crippen molar-refractivity contribution in [3.8, 4) is 23.0 Å². The van der Waals surface area contributed by atoms with Crippen LogP contribution in [-0.4, -0.2) is 30.4 Å². The highest BCUT2D eigenvalue weighted by atomic mass is 16.5. The number of hydrogen-bond donors (Lipinski definition) is 0. The van der Waals surface area contributed by atoms with Crippen LogP contribution >= 0.6 is 0 Å². The molecule has 0 aliphatic heterocycles. The minimum Gasteiger partial charge on any atom is -0.497 e. The van der Waals surface area contributed by atoms with Gasteiger partial charge in [0.25, 0.3) is 11.8 Å². The lowest BCUT2D eigenvalue weighted by Crippen LogP contribution is -2.06. The Labute approximate surface area is 149 Å². The molecule has 0 bridgehead atoms. The highest BCUT2D eigenvalue weighted by Crippen LogP contribution is 2.26. The number of hydrogen-bond acceptors (Lipinski definition) is 8. The lowest BCUT2D eigenvalue weighted by molar-refractivity contribution is 0.0438. The SMILES string of the molecule is COc1cc(OC)cc(C(=O)OCc2nnc(-c3cc(C)oc3C)o2)c1. The molecular formula is C18H18N2O6. The molecule has 0 saturated carbocycles. The van der Waals surface area contributed by atoms with Crippen molar-refractivity contribution >= 4 is 5.97 Å². The van der Waals surface area contributed by atoms with Gasteiger partial charge in [-0.15, -0.1) is 10.2 Å². The molecular weight excluding hydrogens is 340 g/mol. The molecule has 2 aromatic heterocycles. The van der Waals surface area contributed by atoms with Crippen LogP contribution in [-0.2, 0) is 11.3 Å². The van der Waals surface area contributed by atoms with Crippen LogP contribution in [0.25, 0.3) is 11.5 Å². The number of furan rings is 1. The Kier molecular flexibility index (Phi) is 4.92. The second kappa shape index (κ2) is 7.30. The number of esters is 1. The molecule has 0 aliphatic rings. The quantitative estimate of drug-likeness (QED) is 0.619. The van der Waals surface area contributed by atoms with Gasteiger partial charge in [-0.1, -0.05) is 0 Å². The van der Waals surface area contributed by atoms with Gasteiger partial charge < -0.3 is 23.0 Å². The van der Waals surface area contributed by atoms with Crippen LogP contribution in [0, 0.1) is 13.8 Å². The fourth-order valence-electron chi connectivity index (χ4n) is 2.40. The minimum absolute atomic E-state index is 0.152. The number of ether oxygens (including phenoxy) is 3. The Balaban J connectivity index is 1.70. The predicted octanol–water partition coefficient (Wildman–Crippen LogP) is 3.32. The Morgan fingerprint density at radius 3 is 2.27 bits per heavy atom. The lowest BCUT2D eigenvalue weighted by atomic mass is 10.2. The number of carbonyl (C=O) groups excluding carboxylic acids is 1. The average Bonchev–Trinajstić information content (AvgIpc) is 3.24. The number of benzene rings is 1. The molecule has 0 aliphatic carbocycles. The lowest BCUT2D eigenvalue weighted by Gasteiger charge is -2.07. The summed E-state index contributed by atoms with van der Waals surface area (Å²) in [6.45, 7) is 3.49. The number of nitrogens with zero attached hydrogens (tertiary/aromatic N) is 2. The van der Waals surface area contributed by atoms with E-state index in [-0.39, 0.29) is 12.5 Å². The molecule has 8 heteroatoms. The minimum atomic E-state index is -0.558. The third kappa shape index (κ3) is 3.69. The standard InChI is InChI=1S/C18H18N2O6/c1-10-5-15(11(2)25-10)17-20-19-16(26-17)9-24-18(21)12-6-13(22-3)8-14(7-12)23-4/h5-8H,9H2,1-4H3. The molecule has 0 unspecified atom stereocenters. The van der Waals surface area contributed by atoms with E-state index in [0.717, 1.165) is 5.76 Å². The number of carbonyl (C=O) groups is 1. The first-order valence-corrected chi connectivity index (χ1v) is 7.80. The third-order valence-electron chi connectivity index (χ3n) is 3.65. The highest BCUT2D eigenvalue weighted by Gasteiger charge is 2.17. The van der Waals surface area contributed by atoms with Crippen molar-refractivity contribution in [2.75, 3.05) is 14.2 Å². The first-order chi connectivity index (χ1) is 12.5. The van der Waals surface area contributed by atoms with E-state index in [0.29, 0.717) is 34.3 Å². The van der Waals surface area contributed by atoms with Gasteiger partial charge >= 0.3 is 5.97 Å². The van der Waals surface area contributed by atoms with Gasteiger partial charge in [0.05, 0.1) is 25.3 Å². The molecule has 0 saturated heterocycles. The van der Waals surface area contributed by atoms with Gasteiger partial charge in [-0.25, -0.2) is 4.79 Å². The summed E-state index contributed by atoms with van der Waals surface area (Å²) in [5.74, 6) is 2.34. The molecule has 8 nitrogen and oxygen atoms in total. The first-order valence-electron chi connectivity index (χ1n) is 7.80. The Bertz CT molecular complexity index is 905. The molecule has 26 heavy (non-hydrogen) atoms. The van der Waals surface area contributed by atoms with E-state index < -0.39 is 5.97 Å². The molecule has 136 valence electrons. The summed E-state index contributed by atoms with van der Waals surface area (Å²) in [5, 5.41) is 7.85. The molecule has 1 aromatic carbocycles. The van der Waals surface area contributed by atoms with Gasteiger partial charge in [-0.2, -0.15) is 0 Å². The second-order valence-corrected chi connectivity index (χ2v) is 5.51. The maximum atomic E-state index is 12.3. The summed E-state index contributed by atoms with van der Waals surface area (Å²) in [6, 6.07) is 6.58. The van der Waals surface area contributed by atoms with Crippen molar-refractivity contribution in [2.24, 2.45) is 0 Å². The van der Waals surface area contributed by atoms with Crippen molar-refractivity contribution in [3.05, 3.63) is 47.2 Å². The van der Waals surface area contributed by atoms with Gasteiger partial charge in [0.15, 0.2) is 6.61 Å². The van der Waals surface area contributed by atoms with E-state index in [9.17, 15) is 4.79 Å². The van der Waals surface area contributed by atoms with Crippen LogP contribution in [0.2, 0.25) is 0 Å². The van der Waals surface area contributed by atoms with E-state index in [4.69, 9.17) is 23.0 Å². The Morgan fingerprint density at radius 2 is 1.69 bits per heavy atom. The van der Waals surface area contributed by atoms with Gasteiger partial charge in [-0.05, 0) is 32.0 Å². The topological polar surface area (TPSA) is 96.8 Å². The molecule has 0 amide bonds. The first kappa shape index (κ1) is 17.5. The summed E-state index contributed by atoms with van der Waals surface area (Å²) < 4.78 is 26.5. The number of methoxy groups -OCH3 is 2. The normalized spacial score (nSPS) is 10.6. The molecule has 3 aromatic rings. The monoisotopic (exact) mass is 358 g/mol. The Hall–Kier alpha value is -3.29. The summed E-state index contributed by atoms with van der Waals surface area (Å²) in [5.41, 5.74) is 1.01.